The van der Waals surface area contributed by atoms with Gasteiger partial charge in [0.25, 0.3) is 0 Å². The zero-order valence-electron chi connectivity index (χ0n) is 8.79. The van der Waals surface area contributed by atoms with Crippen LogP contribution in [0.15, 0.2) is 15.9 Å². The number of thiophene rings is 1. The van der Waals surface area contributed by atoms with Crippen LogP contribution in [0.5, 0.6) is 0 Å². The maximum absolute atomic E-state index is 10.6. The highest BCUT2D eigenvalue weighted by Gasteiger charge is 2.36. The summed E-state index contributed by atoms with van der Waals surface area (Å²) in [6.45, 7) is 0. The van der Waals surface area contributed by atoms with Crippen LogP contribution in [0.2, 0.25) is 0 Å². The molecule has 0 amide bonds. The van der Waals surface area contributed by atoms with Gasteiger partial charge in [0.15, 0.2) is 0 Å². The lowest BCUT2D eigenvalue weighted by atomic mass is 9.81. The van der Waals surface area contributed by atoms with Gasteiger partial charge in [-0.1, -0.05) is 0 Å². The Labute approximate surface area is 103 Å². The third-order valence-corrected chi connectivity index (χ3v) is 5.29. The van der Waals surface area contributed by atoms with Crippen LogP contribution in [0, 0.1) is 0 Å². The molecule has 84 valence electrons. The fourth-order valence-corrected chi connectivity index (χ4v) is 4.14. The molecule has 2 nitrogen and oxygen atoms in total. The molecule has 2 rings (SSSR count). The van der Waals surface area contributed by atoms with E-state index < -0.39 is 5.60 Å². The van der Waals surface area contributed by atoms with E-state index in [1.165, 1.54) is 0 Å². The van der Waals surface area contributed by atoms with Crippen LogP contribution in [0.3, 0.4) is 0 Å². The summed E-state index contributed by atoms with van der Waals surface area (Å²) in [5.41, 5.74) is -0.597. The molecule has 0 aromatic carbocycles. The second kappa shape index (κ2) is 4.53. The lowest BCUT2D eigenvalue weighted by molar-refractivity contribution is -0.00487. The molecule has 1 fully saturated rings. The van der Waals surface area contributed by atoms with E-state index in [-0.39, 0.29) is 0 Å². The summed E-state index contributed by atoms with van der Waals surface area (Å²) in [7, 11) is 2.00. The Balaban J connectivity index is 2.13. The van der Waals surface area contributed by atoms with Gasteiger partial charge in [0.05, 0.1) is 10.5 Å². The number of aliphatic hydroxyl groups is 1. The summed E-state index contributed by atoms with van der Waals surface area (Å²) < 4.78 is 1.05. The van der Waals surface area contributed by atoms with Crippen molar-refractivity contribution in [1.82, 2.24) is 5.32 Å². The molecule has 0 spiro atoms. The van der Waals surface area contributed by atoms with E-state index in [0.29, 0.717) is 6.04 Å². The summed E-state index contributed by atoms with van der Waals surface area (Å²) in [6.07, 6.45) is 3.82. The zero-order chi connectivity index (χ0) is 10.9. The molecule has 2 N–H and O–H groups in total. The van der Waals surface area contributed by atoms with Crippen LogP contribution >= 0.6 is 27.3 Å². The van der Waals surface area contributed by atoms with Gasteiger partial charge in [0, 0.05) is 10.5 Å². The van der Waals surface area contributed by atoms with Gasteiger partial charge in [-0.15, -0.1) is 11.3 Å². The average Bonchev–Trinajstić information content (AvgIpc) is 2.66. The van der Waals surface area contributed by atoms with E-state index in [0.717, 1.165) is 35.0 Å². The first kappa shape index (κ1) is 11.6. The van der Waals surface area contributed by atoms with Crippen LogP contribution in [-0.4, -0.2) is 18.2 Å². The maximum atomic E-state index is 10.6. The normalized spacial score (nSPS) is 31.8. The van der Waals surface area contributed by atoms with E-state index >= 15 is 0 Å². The molecule has 0 unspecified atom stereocenters. The molecule has 0 radical (unpaired) electrons. The zero-order valence-corrected chi connectivity index (χ0v) is 11.2. The Morgan fingerprint density at radius 3 is 2.67 bits per heavy atom. The van der Waals surface area contributed by atoms with Gasteiger partial charge < -0.3 is 10.4 Å². The molecule has 1 aliphatic rings. The van der Waals surface area contributed by atoms with Gasteiger partial charge in [-0.05, 0) is 60.1 Å². The van der Waals surface area contributed by atoms with Crippen molar-refractivity contribution < 1.29 is 5.11 Å². The van der Waals surface area contributed by atoms with E-state index in [9.17, 15) is 5.11 Å². The number of halogens is 1. The van der Waals surface area contributed by atoms with Crippen molar-refractivity contribution in [2.24, 2.45) is 0 Å². The third kappa shape index (κ3) is 2.28. The van der Waals surface area contributed by atoms with Crippen molar-refractivity contribution in [1.29, 1.82) is 0 Å². The first-order valence-corrected chi connectivity index (χ1v) is 6.96. The Morgan fingerprint density at radius 1 is 1.53 bits per heavy atom. The summed E-state index contributed by atoms with van der Waals surface area (Å²) >= 11 is 5.15. The van der Waals surface area contributed by atoms with Crippen molar-refractivity contribution in [2.75, 3.05) is 7.05 Å². The second-order valence-electron chi connectivity index (χ2n) is 4.19. The lowest BCUT2D eigenvalue weighted by Gasteiger charge is -2.35. The van der Waals surface area contributed by atoms with Crippen molar-refractivity contribution in [3.63, 3.8) is 0 Å². The van der Waals surface area contributed by atoms with Gasteiger partial charge >= 0.3 is 0 Å². The van der Waals surface area contributed by atoms with Crippen LogP contribution in [0.25, 0.3) is 0 Å². The van der Waals surface area contributed by atoms with Crippen molar-refractivity contribution in [3.05, 3.63) is 20.8 Å². The molecular weight excluding hydrogens is 274 g/mol. The standard InChI is InChI=1S/C11H16BrNOS/c1-13-8-2-5-11(14,6-3-8)10-9(12)4-7-15-10/h4,7-8,13-14H,2-3,5-6H2,1H3. The minimum Gasteiger partial charge on any atom is -0.384 e. The minimum absolute atomic E-state index is 0.573. The summed E-state index contributed by atoms with van der Waals surface area (Å²) in [5, 5.41) is 15.9. The third-order valence-electron chi connectivity index (χ3n) is 3.26. The maximum Gasteiger partial charge on any atom is 0.1000 e. The highest BCUT2D eigenvalue weighted by molar-refractivity contribution is 9.10. The Kier molecular flexibility index (Phi) is 3.50. The molecule has 1 aliphatic carbocycles. The van der Waals surface area contributed by atoms with Crippen molar-refractivity contribution in [3.8, 4) is 0 Å². The van der Waals surface area contributed by atoms with Gasteiger partial charge in [-0.2, -0.15) is 0 Å². The second-order valence-corrected chi connectivity index (χ2v) is 5.96. The molecule has 1 aromatic heterocycles. The molecular formula is C11H16BrNOS. The topological polar surface area (TPSA) is 32.3 Å². The van der Waals surface area contributed by atoms with Gasteiger partial charge in [-0.3, -0.25) is 0 Å². The highest BCUT2D eigenvalue weighted by Crippen LogP contribution is 2.42. The van der Waals surface area contributed by atoms with Crippen molar-refractivity contribution in [2.45, 2.75) is 37.3 Å². The smallest absolute Gasteiger partial charge is 0.1000 e. The molecule has 1 aromatic rings. The first-order chi connectivity index (χ1) is 7.15. The van der Waals surface area contributed by atoms with E-state index in [4.69, 9.17) is 0 Å². The fraction of sp³-hybridized carbons (Fsp3) is 0.636. The molecule has 4 heteroatoms. The van der Waals surface area contributed by atoms with Gasteiger partial charge in [0.1, 0.15) is 0 Å². The van der Waals surface area contributed by atoms with Crippen LogP contribution in [0.1, 0.15) is 30.6 Å². The predicted molar refractivity (Wildman–Crippen MR) is 67.2 cm³/mol. The fourth-order valence-electron chi connectivity index (χ4n) is 2.24. The first-order valence-electron chi connectivity index (χ1n) is 5.29. The molecule has 15 heavy (non-hydrogen) atoms. The highest BCUT2D eigenvalue weighted by atomic mass is 79.9. The Hall–Kier alpha value is 0.100. The molecule has 0 bridgehead atoms. The quantitative estimate of drug-likeness (QED) is 0.878. The van der Waals surface area contributed by atoms with E-state index in [2.05, 4.69) is 21.2 Å². The summed E-state index contributed by atoms with van der Waals surface area (Å²) in [5.74, 6) is 0. The van der Waals surface area contributed by atoms with Crippen LogP contribution in [0.4, 0.5) is 0 Å². The van der Waals surface area contributed by atoms with Gasteiger partial charge in [0.2, 0.25) is 0 Å². The monoisotopic (exact) mass is 289 g/mol. The number of hydrogen-bond acceptors (Lipinski definition) is 3. The number of hydrogen-bond donors (Lipinski definition) is 2. The lowest BCUT2D eigenvalue weighted by Crippen LogP contribution is -2.38. The van der Waals surface area contributed by atoms with Crippen LogP contribution in [-0.2, 0) is 5.60 Å². The van der Waals surface area contributed by atoms with E-state index in [1.54, 1.807) is 11.3 Å². The molecule has 0 aliphatic heterocycles. The average molecular weight is 290 g/mol. The predicted octanol–water partition coefficient (Wildman–Crippen LogP) is 2.86. The summed E-state index contributed by atoms with van der Waals surface area (Å²) in [6, 6.07) is 2.59. The number of rotatable bonds is 2. The van der Waals surface area contributed by atoms with Crippen LogP contribution < -0.4 is 5.32 Å². The van der Waals surface area contributed by atoms with Crippen molar-refractivity contribution >= 4 is 27.3 Å². The Bertz CT molecular complexity index is 331. The molecule has 1 heterocycles. The number of nitrogens with one attached hydrogen (secondary N) is 1. The largest absolute Gasteiger partial charge is 0.384 e. The van der Waals surface area contributed by atoms with E-state index in [1.807, 2.05) is 18.5 Å². The summed E-state index contributed by atoms with van der Waals surface area (Å²) in [4.78, 5) is 1.09. The van der Waals surface area contributed by atoms with Gasteiger partial charge in [-0.25, -0.2) is 0 Å². The Morgan fingerprint density at radius 2 is 2.20 bits per heavy atom. The minimum atomic E-state index is -0.597. The molecule has 0 atom stereocenters. The molecule has 0 saturated heterocycles. The SMILES string of the molecule is CNC1CCC(O)(c2sccc2Br)CC1. The molecule has 1 saturated carbocycles.